The molecule has 0 radical (unpaired) electrons. The Kier molecular flexibility index (Phi) is 5.68. The third-order valence-corrected chi connectivity index (χ3v) is 3.98. The molecule has 0 spiro atoms. The zero-order valence-corrected chi connectivity index (χ0v) is 13.0. The highest BCUT2D eigenvalue weighted by molar-refractivity contribution is 9.10. The summed E-state index contributed by atoms with van der Waals surface area (Å²) >= 11 is 3.11. The van der Waals surface area contributed by atoms with Crippen LogP contribution in [0.25, 0.3) is 0 Å². The van der Waals surface area contributed by atoms with E-state index in [4.69, 9.17) is 0 Å². The van der Waals surface area contributed by atoms with E-state index in [9.17, 15) is 19.1 Å². The number of rotatable bonds is 6. The first-order chi connectivity index (χ1) is 9.34. The summed E-state index contributed by atoms with van der Waals surface area (Å²) in [5, 5.41) is 11.8. The van der Waals surface area contributed by atoms with E-state index in [-0.39, 0.29) is 12.1 Å². The molecule has 0 aromatic heterocycles. The van der Waals surface area contributed by atoms with Crippen LogP contribution in [0.2, 0.25) is 0 Å². The molecule has 20 heavy (non-hydrogen) atoms. The molecule has 0 heterocycles. The number of carbonyl (C=O) groups is 2. The van der Waals surface area contributed by atoms with Gasteiger partial charge in [-0.15, -0.1) is 0 Å². The average molecular weight is 346 g/mol. The van der Waals surface area contributed by atoms with Gasteiger partial charge in [0.2, 0.25) is 0 Å². The lowest BCUT2D eigenvalue weighted by Crippen LogP contribution is -2.42. The standard InChI is InChI=1S/C14H17BrFNO3/c1-3-14(4-2,13(19)20)8-17-12(18)9-5-10(15)7-11(16)6-9/h5-7H,3-4,8H2,1-2H3,(H,17,18)(H,19,20). The van der Waals surface area contributed by atoms with Crippen molar-refractivity contribution < 1.29 is 19.1 Å². The van der Waals surface area contributed by atoms with Crippen LogP contribution in [0.5, 0.6) is 0 Å². The molecular weight excluding hydrogens is 329 g/mol. The lowest BCUT2D eigenvalue weighted by Gasteiger charge is -2.26. The number of halogens is 2. The predicted molar refractivity (Wildman–Crippen MR) is 77.1 cm³/mol. The molecule has 0 saturated carbocycles. The van der Waals surface area contributed by atoms with Gasteiger partial charge in [0.05, 0.1) is 5.41 Å². The summed E-state index contributed by atoms with van der Waals surface area (Å²) in [5.41, 5.74) is -0.830. The van der Waals surface area contributed by atoms with Gasteiger partial charge < -0.3 is 10.4 Å². The Balaban J connectivity index is 2.83. The van der Waals surface area contributed by atoms with Crippen molar-refractivity contribution >= 4 is 27.8 Å². The molecule has 1 aromatic carbocycles. The Morgan fingerprint density at radius 3 is 2.35 bits per heavy atom. The average Bonchev–Trinajstić information content (AvgIpc) is 2.38. The highest BCUT2D eigenvalue weighted by Gasteiger charge is 2.35. The Labute approximate surface area is 125 Å². The maximum absolute atomic E-state index is 13.2. The summed E-state index contributed by atoms with van der Waals surface area (Å²) in [5.74, 6) is -1.96. The Morgan fingerprint density at radius 1 is 1.30 bits per heavy atom. The zero-order valence-electron chi connectivity index (χ0n) is 11.4. The van der Waals surface area contributed by atoms with E-state index in [0.717, 1.165) is 6.07 Å². The molecule has 110 valence electrons. The van der Waals surface area contributed by atoms with Gasteiger partial charge in [-0.05, 0) is 31.0 Å². The quantitative estimate of drug-likeness (QED) is 0.831. The number of carboxylic acid groups (broad SMARTS) is 1. The smallest absolute Gasteiger partial charge is 0.311 e. The first-order valence-corrected chi connectivity index (χ1v) is 7.11. The lowest BCUT2D eigenvalue weighted by molar-refractivity contribution is -0.149. The van der Waals surface area contributed by atoms with E-state index >= 15 is 0 Å². The van der Waals surface area contributed by atoms with Gasteiger partial charge in [-0.3, -0.25) is 9.59 Å². The van der Waals surface area contributed by atoms with Gasteiger partial charge in [-0.2, -0.15) is 0 Å². The molecule has 4 nitrogen and oxygen atoms in total. The van der Waals surface area contributed by atoms with Crippen molar-refractivity contribution in [3.05, 3.63) is 34.1 Å². The molecule has 6 heteroatoms. The topological polar surface area (TPSA) is 66.4 Å². The van der Waals surface area contributed by atoms with Crippen molar-refractivity contribution in [3.8, 4) is 0 Å². The summed E-state index contributed by atoms with van der Waals surface area (Å²) < 4.78 is 13.7. The highest BCUT2D eigenvalue weighted by atomic mass is 79.9. The van der Waals surface area contributed by atoms with E-state index < -0.39 is 23.1 Å². The van der Waals surface area contributed by atoms with Gasteiger partial charge in [0.25, 0.3) is 5.91 Å². The van der Waals surface area contributed by atoms with Crippen LogP contribution in [-0.4, -0.2) is 23.5 Å². The summed E-state index contributed by atoms with van der Waals surface area (Å²) in [6, 6.07) is 3.84. The normalized spacial score (nSPS) is 11.2. The van der Waals surface area contributed by atoms with Crippen LogP contribution in [0.15, 0.2) is 22.7 Å². The summed E-state index contributed by atoms with van der Waals surface area (Å²) in [6.07, 6.45) is 0.817. The maximum atomic E-state index is 13.2. The molecule has 2 N–H and O–H groups in total. The molecule has 0 aliphatic carbocycles. The summed E-state index contributed by atoms with van der Waals surface area (Å²) in [6.45, 7) is 3.55. The number of carbonyl (C=O) groups excluding carboxylic acids is 1. The van der Waals surface area contributed by atoms with Crippen molar-refractivity contribution in [2.45, 2.75) is 26.7 Å². The molecule has 0 unspecified atom stereocenters. The van der Waals surface area contributed by atoms with Crippen molar-refractivity contribution in [1.29, 1.82) is 0 Å². The number of carboxylic acids is 1. The van der Waals surface area contributed by atoms with Crippen LogP contribution >= 0.6 is 15.9 Å². The zero-order chi connectivity index (χ0) is 15.3. The minimum Gasteiger partial charge on any atom is -0.481 e. The number of aliphatic carboxylic acids is 1. The molecule has 0 aliphatic rings. The minimum atomic E-state index is -0.986. The molecule has 1 rings (SSSR count). The second kappa shape index (κ2) is 6.83. The van der Waals surface area contributed by atoms with E-state index in [1.54, 1.807) is 13.8 Å². The summed E-state index contributed by atoms with van der Waals surface area (Å²) in [7, 11) is 0. The first-order valence-electron chi connectivity index (χ1n) is 6.32. The van der Waals surface area contributed by atoms with Crippen molar-refractivity contribution in [2.24, 2.45) is 5.41 Å². The van der Waals surface area contributed by atoms with E-state index in [1.807, 2.05) is 0 Å². The fourth-order valence-electron chi connectivity index (χ4n) is 1.91. The molecule has 0 bridgehead atoms. The van der Waals surface area contributed by atoms with Gasteiger partial charge in [-0.25, -0.2) is 4.39 Å². The Hall–Kier alpha value is -1.43. The number of nitrogens with one attached hydrogen (secondary N) is 1. The van der Waals surface area contributed by atoms with E-state index in [2.05, 4.69) is 21.2 Å². The first kappa shape index (κ1) is 16.6. The van der Waals surface area contributed by atoms with Gasteiger partial charge in [0, 0.05) is 16.6 Å². The minimum absolute atomic E-state index is 0.0162. The molecule has 1 aromatic rings. The highest BCUT2D eigenvalue weighted by Crippen LogP contribution is 2.26. The van der Waals surface area contributed by atoms with Crippen molar-refractivity contribution in [2.75, 3.05) is 6.54 Å². The molecular formula is C14H17BrFNO3. The molecule has 0 saturated heterocycles. The van der Waals surface area contributed by atoms with Crippen molar-refractivity contribution in [1.82, 2.24) is 5.32 Å². The van der Waals surface area contributed by atoms with Gasteiger partial charge in [-0.1, -0.05) is 29.8 Å². The lowest BCUT2D eigenvalue weighted by atomic mass is 9.82. The number of amides is 1. The van der Waals surface area contributed by atoms with Crippen LogP contribution in [0.3, 0.4) is 0 Å². The molecule has 0 aliphatic heterocycles. The van der Waals surface area contributed by atoms with Crippen LogP contribution in [0.4, 0.5) is 4.39 Å². The Bertz CT molecular complexity index is 495. The SMILES string of the molecule is CCC(CC)(CNC(=O)c1cc(F)cc(Br)c1)C(=O)O. The van der Waals surface area contributed by atoms with E-state index in [0.29, 0.717) is 17.3 Å². The third-order valence-electron chi connectivity index (χ3n) is 3.52. The second-order valence-corrected chi connectivity index (χ2v) is 5.55. The maximum Gasteiger partial charge on any atom is 0.311 e. The van der Waals surface area contributed by atoms with Gasteiger partial charge in [0.1, 0.15) is 5.82 Å². The van der Waals surface area contributed by atoms with Gasteiger partial charge >= 0.3 is 5.97 Å². The third kappa shape index (κ3) is 3.79. The van der Waals surface area contributed by atoms with Crippen LogP contribution in [0.1, 0.15) is 37.0 Å². The molecule has 1 amide bonds. The van der Waals surface area contributed by atoms with Crippen LogP contribution < -0.4 is 5.32 Å². The van der Waals surface area contributed by atoms with Gasteiger partial charge in [0.15, 0.2) is 0 Å². The molecule has 0 fully saturated rings. The van der Waals surface area contributed by atoms with E-state index in [1.165, 1.54) is 12.1 Å². The fraction of sp³-hybridized carbons (Fsp3) is 0.429. The largest absolute Gasteiger partial charge is 0.481 e. The molecule has 0 atom stereocenters. The van der Waals surface area contributed by atoms with Crippen molar-refractivity contribution in [3.63, 3.8) is 0 Å². The summed E-state index contributed by atoms with van der Waals surface area (Å²) in [4.78, 5) is 23.3. The van der Waals surface area contributed by atoms with Crippen LogP contribution in [0, 0.1) is 11.2 Å². The fourth-order valence-corrected chi connectivity index (χ4v) is 2.38. The second-order valence-electron chi connectivity index (χ2n) is 4.63. The number of hydrogen-bond acceptors (Lipinski definition) is 2. The van der Waals surface area contributed by atoms with Crippen LogP contribution in [-0.2, 0) is 4.79 Å². The Morgan fingerprint density at radius 2 is 1.90 bits per heavy atom. The number of benzene rings is 1. The number of hydrogen-bond donors (Lipinski definition) is 2. The monoisotopic (exact) mass is 345 g/mol. The predicted octanol–water partition coefficient (Wildman–Crippen LogP) is 3.21.